The van der Waals surface area contributed by atoms with Gasteiger partial charge in [-0.2, -0.15) is 4.98 Å². The smallest absolute Gasteiger partial charge is 0.224 e. The first-order valence-electron chi connectivity index (χ1n) is 10.4. The lowest BCUT2D eigenvalue weighted by molar-refractivity contribution is -0.0227. The first-order chi connectivity index (χ1) is 15.0. The highest BCUT2D eigenvalue weighted by atomic mass is 35.5. The van der Waals surface area contributed by atoms with E-state index in [9.17, 15) is 15.3 Å². The van der Waals surface area contributed by atoms with Crippen LogP contribution in [0.4, 0.5) is 5.82 Å². The Kier molecular flexibility index (Phi) is 5.54. The van der Waals surface area contributed by atoms with Crippen molar-refractivity contribution in [2.45, 2.75) is 36.8 Å². The molecule has 0 aliphatic carbocycles. The van der Waals surface area contributed by atoms with Crippen molar-refractivity contribution >= 4 is 28.3 Å². The van der Waals surface area contributed by atoms with E-state index in [0.29, 0.717) is 17.0 Å². The Morgan fingerprint density at radius 2 is 1.84 bits per heavy atom. The van der Waals surface area contributed by atoms with Gasteiger partial charge in [0.2, 0.25) is 5.28 Å². The second kappa shape index (κ2) is 8.33. The summed E-state index contributed by atoms with van der Waals surface area (Å²) < 4.78 is 5.66. The van der Waals surface area contributed by atoms with Crippen LogP contribution in [0.2, 0.25) is 5.28 Å². The summed E-state index contributed by atoms with van der Waals surface area (Å²) in [7, 11) is 0. The van der Waals surface area contributed by atoms with Crippen molar-refractivity contribution < 1.29 is 20.1 Å². The fourth-order valence-corrected chi connectivity index (χ4v) is 4.82. The zero-order chi connectivity index (χ0) is 21.5. The summed E-state index contributed by atoms with van der Waals surface area (Å²) >= 11 is 6.26. The predicted molar refractivity (Wildman–Crippen MR) is 117 cm³/mol. The average Bonchev–Trinajstić information content (AvgIpc) is 3.39. The first-order valence-corrected chi connectivity index (χ1v) is 10.8. The van der Waals surface area contributed by atoms with Gasteiger partial charge in [-0.1, -0.05) is 36.4 Å². The van der Waals surface area contributed by atoms with Gasteiger partial charge in [-0.05, 0) is 41.3 Å². The maximum Gasteiger partial charge on any atom is 0.224 e. The van der Waals surface area contributed by atoms with Crippen molar-refractivity contribution in [3.05, 3.63) is 64.9 Å². The molecular weight excluding hydrogens is 418 g/mol. The van der Waals surface area contributed by atoms with E-state index in [4.69, 9.17) is 16.3 Å². The maximum absolute atomic E-state index is 10.4. The molecule has 3 heterocycles. The summed E-state index contributed by atoms with van der Waals surface area (Å²) in [6, 6.07) is 16.0. The van der Waals surface area contributed by atoms with E-state index in [0.717, 1.165) is 30.7 Å². The average molecular weight is 442 g/mol. The van der Waals surface area contributed by atoms with E-state index >= 15 is 0 Å². The van der Waals surface area contributed by atoms with Crippen LogP contribution in [0.5, 0.6) is 0 Å². The van der Waals surface area contributed by atoms with Gasteiger partial charge in [0.1, 0.15) is 30.2 Å². The minimum atomic E-state index is -1.14. The molecule has 1 aromatic heterocycles. The Morgan fingerprint density at radius 1 is 1.03 bits per heavy atom. The quantitative estimate of drug-likeness (QED) is 0.535. The number of aromatic nitrogens is 2. The zero-order valence-electron chi connectivity index (χ0n) is 16.8. The molecule has 2 saturated heterocycles. The maximum atomic E-state index is 10.4. The van der Waals surface area contributed by atoms with E-state index in [2.05, 4.69) is 39.1 Å². The van der Waals surface area contributed by atoms with Gasteiger partial charge < -0.3 is 25.0 Å². The van der Waals surface area contributed by atoms with Crippen LogP contribution in [0.25, 0.3) is 10.9 Å². The van der Waals surface area contributed by atoms with Gasteiger partial charge in [0, 0.05) is 24.4 Å². The molecule has 0 amide bonds. The predicted octanol–water partition coefficient (Wildman–Crippen LogP) is 2.43. The van der Waals surface area contributed by atoms with Gasteiger partial charge in [-0.15, -0.1) is 0 Å². The Labute approximate surface area is 184 Å². The largest absolute Gasteiger partial charge is 0.394 e. The standard InChI is InChI=1S/C23H24ClN3O4/c24-23-25-17-10-14(21-20(30)19(29)18(12-28)31-21)6-7-16(17)22(26-23)27-9-8-15(11-27)13-4-2-1-3-5-13/h1-7,10,15,18-21,28-30H,8-9,11-12H2/t15?,18-,19-,20-,21+/m1/s1. The van der Waals surface area contributed by atoms with Crippen LogP contribution >= 0.6 is 11.6 Å². The molecule has 0 spiro atoms. The number of hydrogen-bond acceptors (Lipinski definition) is 7. The molecule has 0 bridgehead atoms. The highest BCUT2D eigenvalue weighted by molar-refractivity contribution is 6.28. The van der Waals surface area contributed by atoms with Gasteiger partial charge in [0.05, 0.1) is 12.1 Å². The molecule has 8 heteroatoms. The lowest BCUT2D eigenvalue weighted by atomic mass is 9.99. The highest BCUT2D eigenvalue weighted by Gasteiger charge is 2.43. The molecule has 7 nitrogen and oxygen atoms in total. The van der Waals surface area contributed by atoms with Crippen molar-refractivity contribution in [3.63, 3.8) is 0 Å². The zero-order valence-corrected chi connectivity index (χ0v) is 17.6. The van der Waals surface area contributed by atoms with Crippen molar-refractivity contribution in [2.75, 3.05) is 24.6 Å². The van der Waals surface area contributed by atoms with Crippen molar-refractivity contribution in [1.82, 2.24) is 9.97 Å². The number of nitrogens with zero attached hydrogens (tertiary/aromatic N) is 3. The molecule has 2 fully saturated rings. The van der Waals surface area contributed by atoms with E-state index in [1.807, 2.05) is 18.2 Å². The summed E-state index contributed by atoms with van der Waals surface area (Å²) in [5.41, 5.74) is 2.63. The molecular formula is C23H24ClN3O4. The Bertz CT molecular complexity index is 1080. The topological polar surface area (TPSA) is 98.9 Å². The van der Waals surface area contributed by atoms with E-state index in [1.165, 1.54) is 5.56 Å². The van der Waals surface area contributed by atoms with Crippen LogP contribution in [0, 0.1) is 0 Å². The number of halogens is 1. The molecule has 2 aliphatic rings. The fourth-order valence-electron chi connectivity index (χ4n) is 4.65. The number of fused-ring (bicyclic) bond motifs is 1. The Hall–Kier alpha value is -2.29. The second-order valence-corrected chi connectivity index (χ2v) is 8.53. The molecule has 3 aromatic rings. The highest BCUT2D eigenvalue weighted by Crippen LogP contribution is 2.37. The number of aliphatic hydroxyl groups is 3. The van der Waals surface area contributed by atoms with Crippen LogP contribution in [0.1, 0.15) is 29.6 Å². The summed E-state index contributed by atoms with van der Waals surface area (Å²) in [5.74, 6) is 1.23. The van der Waals surface area contributed by atoms with Crippen molar-refractivity contribution in [1.29, 1.82) is 0 Å². The van der Waals surface area contributed by atoms with Gasteiger partial charge in [-0.25, -0.2) is 4.98 Å². The molecule has 3 N–H and O–H groups in total. The van der Waals surface area contributed by atoms with Gasteiger partial charge in [0.25, 0.3) is 0 Å². The molecule has 2 aromatic carbocycles. The van der Waals surface area contributed by atoms with Crippen molar-refractivity contribution in [2.24, 2.45) is 0 Å². The van der Waals surface area contributed by atoms with Gasteiger partial charge in [0.15, 0.2) is 0 Å². The fraction of sp³-hybridized carbons (Fsp3) is 0.391. The lowest BCUT2D eigenvalue weighted by Crippen LogP contribution is -2.32. The van der Waals surface area contributed by atoms with Crippen LogP contribution in [0.3, 0.4) is 0 Å². The van der Waals surface area contributed by atoms with Crippen LogP contribution in [0.15, 0.2) is 48.5 Å². The number of hydrogen-bond donors (Lipinski definition) is 3. The molecule has 1 unspecified atom stereocenters. The third kappa shape index (κ3) is 3.77. The van der Waals surface area contributed by atoms with Crippen LogP contribution in [-0.2, 0) is 4.74 Å². The van der Waals surface area contributed by atoms with Crippen molar-refractivity contribution in [3.8, 4) is 0 Å². The van der Waals surface area contributed by atoms with Crippen LogP contribution in [-0.4, -0.2) is 63.3 Å². The van der Waals surface area contributed by atoms with Crippen LogP contribution < -0.4 is 4.90 Å². The summed E-state index contributed by atoms with van der Waals surface area (Å²) in [5, 5.41) is 30.8. The second-order valence-electron chi connectivity index (χ2n) is 8.19. The SMILES string of the molecule is OC[C@H]1O[C@@H](c2ccc3c(N4CCC(c5ccccc5)C4)nc(Cl)nc3c2)[C@H](O)[C@@H]1O. The lowest BCUT2D eigenvalue weighted by Gasteiger charge is -2.21. The molecule has 5 atom stereocenters. The molecule has 31 heavy (non-hydrogen) atoms. The monoisotopic (exact) mass is 441 g/mol. The molecule has 0 saturated carbocycles. The first kappa shape index (κ1) is 20.6. The number of benzene rings is 2. The normalized spacial score (nSPS) is 28.5. The minimum Gasteiger partial charge on any atom is -0.394 e. The Morgan fingerprint density at radius 3 is 2.58 bits per heavy atom. The molecule has 162 valence electrons. The summed E-state index contributed by atoms with van der Waals surface area (Å²) in [6.07, 6.45) is -2.80. The summed E-state index contributed by atoms with van der Waals surface area (Å²) in [4.78, 5) is 11.1. The number of anilines is 1. The van der Waals surface area contributed by atoms with Gasteiger partial charge >= 0.3 is 0 Å². The third-order valence-corrected chi connectivity index (χ3v) is 6.47. The minimum absolute atomic E-state index is 0.156. The van der Waals surface area contributed by atoms with Gasteiger partial charge in [-0.3, -0.25) is 0 Å². The third-order valence-electron chi connectivity index (χ3n) is 6.30. The van der Waals surface area contributed by atoms with E-state index < -0.39 is 24.4 Å². The molecule has 2 aliphatic heterocycles. The Balaban J connectivity index is 1.46. The molecule has 5 rings (SSSR count). The van der Waals surface area contributed by atoms with E-state index in [-0.39, 0.29) is 11.9 Å². The summed E-state index contributed by atoms with van der Waals surface area (Å²) in [6.45, 7) is 1.36. The number of rotatable bonds is 4. The number of aliphatic hydroxyl groups excluding tert-OH is 3. The number of ether oxygens (including phenoxy) is 1. The molecule has 0 radical (unpaired) electrons. The van der Waals surface area contributed by atoms with E-state index in [1.54, 1.807) is 6.07 Å².